The standard InChI is InChI=1S/C15H28N2O4/c1-4-7-15(13(18)19)8-5-10-17(12-15)14(20)16(2)9-6-11-21-3/h4-12H2,1-3H3,(H,18,19). The van der Waals surface area contributed by atoms with Gasteiger partial charge in [0, 0.05) is 40.4 Å². The first-order valence-corrected chi connectivity index (χ1v) is 7.69. The van der Waals surface area contributed by atoms with Crippen molar-refractivity contribution in [1.29, 1.82) is 0 Å². The highest BCUT2D eigenvalue weighted by Gasteiger charge is 2.43. The van der Waals surface area contributed by atoms with Gasteiger partial charge in [0.05, 0.1) is 5.41 Å². The summed E-state index contributed by atoms with van der Waals surface area (Å²) in [4.78, 5) is 27.4. The second kappa shape index (κ2) is 8.22. The van der Waals surface area contributed by atoms with E-state index in [0.717, 1.165) is 19.3 Å². The minimum atomic E-state index is -0.774. The summed E-state index contributed by atoms with van der Waals surface area (Å²) in [6.07, 6.45) is 3.64. The summed E-state index contributed by atoms with van der Waals surface area (Å²) < 4.78 is 4.98. The fraction of sp³-hybridized carbons (Fsp3) is 0.867. The molecule has 0 aliphatic carbocycles. The third-order valence-corrected chi connectivity index (χ3v) is 4.20. The van der Waals surface area contributed by atoms with E-state index >= 15 is 0 Å². The lowest BCUT2D eigenvalue weighted by atomic mass is 9.76. The van der Waals surface area contributed by atoms with Gasteiger partial charge in [0.15, 0.2) is 0 Å². The van der Waals surface area contributed by atoms with Gasteiger partial charge in [-0.2, -0.15) is 0 Å². The van der Waals surface area contributed by atoms with E-state index in [4.69, 9.17) is 4.74 Å². The smallest absolute Gasteiger partial charge is 0.319 e. The molecule has 0 aromatic carbocycles. The van der Waals surface area contributed by atoms with E-state index < -0.39 is 11.4 Å². The van der Waals surface area contributed by atoms with Gasteiger partial charge < -0.3 is 19.6 Å². The van der Waals surface area contributed by atoms with Crippen molar-refractivity contribution in [2.45, 2.75) is 39.0 Å². The number of aliphatic carboxylic acids is 1. The molecule has 1 N–H and O–H groups in total. The molecule has 1 aliphatic rings. The number of carbonyl (C=O) groups excluding carboxylic acids is 1. The van der Waals surface area contributed by atoms with Crippen molar-refractivity contribution in [2.75, 3.05) is 40.4 Å². The summed E-state index contributed by atoms with van der Waals surface area (Å²) in [5.74, 6) is -0.774. The van der Waals surface area contributed by atoms with Crippen LogP contribution in [0, 0.1) is 5.41 Å². The molecule has 6 heteroatoms. The van der Waals surface area contributed by atoms with Crippen LogP contribution in [0.3, 0.4) is 0 Å². The Morgan fingerprint density at radius 2 is 2.14 bits per heavy atom. The molecule has 1 atom stereocenters. The van der Waals surface area contributed by atoms with Gasteiger partial charge in [0.2, 0.25) is 0 Å². The molecule has 1 fully saturated rings. The van der Waals surface area contributed by atoms with Crippen molar-refractivity contribution in [3.05, 3.63) is 0 Å². The fourth-order valence-corrected chi connectivity index (χ4v) is 3.04. The minimum absolute atomic E-state index is 0.0764. The van der Waals surface area contributed by atoms with Crippen LogP contribution in [0.4, 0.5) is 4.79 Å². The molecular formula is C15H28N2O4. The molecule has 21 heavy (non-hydrogen) atoms. The van der Waals surface area contributed by atoms with Gasteiger partial charge in [-0.15, -0.1) is 0 Å². The number of carboxylic acids is 1. The Morgan fingerprint density at radius 1 is 1.43 bits per heavy atom. The van der Waals surface area contributed by atoms with Crippen LogP contribution >= 0.6 is 0 Å². The van der Waals surface area contributed by atoms with Crippen molar-refractivity contribution in [3.63, 3.8) is 0 Å². The van der Waals surface area contributed by atoms with Crippen LogP contribution in [0.2, 0.25) is 0 Å². The lowest BCUT2D eigenvalue weighted by Gasteiger charge is -2.41. The number of likely N-dealkylation sites (tertiary alicyclic amines) is 1. The van der Waals surface area contributed by atoms with Gasteiger partial charge in [-0.3, -0.25) is 4.79 Å². The number of rotatable bonds is 7. The molecular weight excluding hydrogens is 272 g/mol. The summed E-state index contributed by atoms with van der Waals surface area (Å²) in [5.41, 5.74) is -0.768. The maximum atomic E-state index is 12.4. The number of nitrogens with zero attached hydrogens (tertiary/aromatic N) is 2. The topological polar surface area (TPSA) is 70.1 Å². The molecule has 0 saturated carbocycles. The van der Waals surface area contributed by atoms with Crippen LogP contribution in [-0.2, 0) is 9.53 Å². The number of carboxylic acid groups (broad SMARTS) is 1. The average Bonchev–Trinajstić information content (AvgIpc) is 2.47. The molecule has 0 bridgehead atoms. The lowest BCUT2D eigenvalue weighted by Crippen LogP contribution is -2.53. The predicted molar refractivity (Wildman–Crippen MR) is 80.3 cm³/mol. The summed E-state index contributed by atoms with van der Waals surface area (Å²) in [6, 6.07) is -0.0764. The second-order valence-corrected chi connectivity index (χ2v) is 5.91. The Labute approximate surface area is 127 Å². The molecule has 122 valence electrons. The third kappa shape index (κ3) is 4.59. The molecule has 0 aromatic heterocycles. The Kier molecular flexibility index (Phi) is 6.95. The molecule has 1 aliphatic heterocycles. The first-order valence-electron chi connectivity index (χ1n) is 7.69. The fourth-order valence-electron chi connectivity index (χ4n) is 3.04. The highest BCUT2D eigenvalue weighted by atomic mass is 16.5. The van der Waals surface area contributed by atoms with Crippen LogP contribution in [0.1, 0.15) is 39.0 Å². The first-order chi connectivity index (χ1) is 9.96. The Hall–Kier alpha value is -1.30. The maximum Gasteiger partial charge on any atom is 0.319 e. The number of methoxy groups -OCH3 is 1. The van der Waals surface area contributed by atoms with E-state index in [1.54, 1.807) is 24.0 Å². The van der Waals surface area contributed by atoms with Gasteiger partial charge in [-0.1, -0.05) is 13.3 Å². The molecule has 1 unspecified atom stereocenters. The zero-order chi connectivity index (χ0) is 15.9. The molecule has 2 amide bonds. The summed E-state index contributed by atoms with van der Waals surface area (Å²) >= 11 is 0. The van der Waals surface area contributed by atoms with E-state index in [2.05, 4.69) is 0 Å². The molecule has 0 aromatic rings. The van der Waals surface area contributed by atoms with Crippen LogP contribution in [0.25, 0.3) is 0 Å². The number of urea groups is 1. The number of carbonyl (C=O) groups is 2. The predicted octanol–water partition coefficient (Wildman–Crippen LogP) is 2.04. The van der Waals surface area contributed by atoms with Gasteiger partial charge in [0.25, 0.3) is 0 Å². The van der Waals surface area contributed by atoms with Gasteiger partial charge in [-0.05, 0) is 25.7 Å². The molecule has 6 nitrogen and oxygen atoms in total. The van der Waals surface area contributed by atoms with Crippen LogP contribution < -0.4 is 0 Å². The Morgan fingerprint density at radius 3 is 2.71 bits per heavy atom. The zero-order valence-corrected chi connectivity index (χ0v) is 13.4. The van der Waals surface area contributed by atoms with Gasteiger partial charge in [0.1, 0.15) is 0 Å². The molecule has 0 spiro atoms. The summed E-state index contributed by atoms with van der Waals surface area (Å²) in [7, 11) is 3.40. The summed E-state index contributed by atoms with van der Waals surface area (Å²) in [5, 5.41) is 9.56. The van der Waals surface area contributed by atoms with Crippen molar-refractivity contribution in [1.82, 2.24) is 9.80 Å². The van der Waals surface area contributed by atoms with Crippen molar-refractivity contribution in [2.24, 2.45) is 5.41 Å². The van der Waals surface area contributed by atoms with Crippen LogP contribution in [0.5, 0.6) is 0 Å². The maximum absolute atomic E-state index is 12.4. The van der Waals surface area contributed by atoms with Crippen LogP contribution in [-0.4, -0.2) is 67.3 Å². The van der Waals surface area contributed by atoms with Crippen molar-refractivity contribution < 1.29 is 19.4 Å². The Balaban J connectivity index is 2.65. The Bertz CT molecular complexity index is 358. The number of ether oxygens (including phenoxy) is 1. The first kappa shape index (κ1) is 17.8. The monoisotopic (exact) mass is 300 g/mol. The van der Waals surface area contributed by atoms with Crippen LogP contribution in [0.15, 0.2) is 0 Å². The lowest BCUT2D eigenvalue weighted by molar-refractivity contribution is -0.152. The highest BCUT2D eigenvalue weighted by molar-refractivity contribution is 5.78. The third-order valence-electron chi connectivity index (χ3n) is 4.20. The molecule has 1 rings (SSSR count). The van der Waals surface area contributed by atoms with E-state index in [1.165, 1.54) is 0 Å². The van der Waals surface area contributed by atoms with E-state index in [1.807, 2.05) is 6.92 Å². The normalized spacial score (nSPS) is 22.1. The quantitative estimate of drug-likeness (QED) is 0.730. The van der Waals surface area contributed by atoms with E-state index in [-0.39, 0.29) is 6.03 Å². The molecule has 1 heterocycles. The largest absolute Gasteiger partial charge is 0.481 e. The van der Waals surface area contributed by atoms with Gasteiger partial charge in [-0.25, -0.2) is 4.79 Å². The molecule has 1 saturated heterocycles. The second-order valence-electron chi connectivity index (χ2n) is 5.91. The van der Waals surface area contributed by atoms with Crippen molar-refractivity contribution in [3.8, 4) is 0 Å². The number of amides is 2. The zero-order valence-electron chi connectivity index (χ0n) is 13.4. The summed E-state index contributed by atoms with van der Waals surface area (Å²) in [6.45, 7) is 4.20. The highest BCUT2D eigenvalue weighted by Crippen LogP contribution is 2.35. The van der Waals surface area contributed by atoms with Crippen molar-refractivity contribution >= 4 is 12.0 Å². The van der Waals surface area contributed by atoms with E-state index in [9.17, 15) is 14.7 Å². The number of hydrogen-bond acceptors (Lipinski definition) is 3. The number of piperidine rings is 1. The molecule has 0 radical (unpaired) electrons. The average molecular weight is 300 g/mol. The minimum Gasteiger partial charge on any atom is -0.481 e. The van der Waals surface area contributed by atoms with Gasteiger partial charge >= 0.3 is 12.0 Å². The SMILES string of the molecule is CCCC1(C(=O)O)CCCN(C(=O)N(C)CCCOC)C1. The number of hydrogen-bond donors (Lipinski definition) is 1. The van der Waals surface area contributed by atoms with E-state index in [0.29, 0.717) is 39.1 Å².